The number of oxime groups is 1. The van der Waals surface area contributed by atoms with Gasteiger partial charge in [-0.15, -0.1) is 0 Å². The molecule has 132 valence electrons. The Morgan fingerprint density at radius 2 is 1.31 bits per heavy atom. The van der Waals surface area contributed by atoms with Crippen molar-refractivity contribution in [3.8, 4) is 11.5 Å². The van der Waals surface area contributed by atoms with Crippen LogP contribution >= 0.6 is 11.6 Å². The highest BCUT2D eigenvalue weighted by molar-refractivity contribution is 6.69. The molecule has 4 nitrogen and oxygen atoms in total. The average Bonchev–Trinajstić information content (AvgIpc) is 2.72. The van der Waals surface area contributed by atoms with E-state index in [4.69, 9.17) is 26.3 Å². The van der Waals surface area contributed by atoms with Gasteiger partial charge in [0.2, 0.25) is 0 Å². The highest BCUT2D eigenvalue weighted by Gasteiger charge is 2.11. The van der Waals surface area contributed by atoms with E-state index in [0.29, 0.717) is 30.3 Å². The third-order valence-corrected chi connectivity index (χ3v) is 4.04. The molecule has 3 aromatic carbocycles. The molecule has 0 saturated heterocycles. The number of hydrogen-bond acceptors (Lipinski definition) is 4. The van der Waals surface area contributed by atoms with Crippen LogP contribution in [0.2, 0.25) is 0 Å². The minimum atomic E-state index is -0.0100. The monoisotopic (exact) mass is 367 g/mol. The van der Waals surface area contributed by atoms with E-state index in [1.165, 1.54) is 0 Å². The number of rotatable bonds is 7. The minimum Gasteiger partial charge on any atom is -0.485 e. The molecule has 0 radical (unpaired) electrons. The molecule has 0 saturated carbocycles. The van der Waals surface area contributed by atoms with E-state index in [1.807, 2.05) is 60.7 Å². The molecule has 0 heterocycles. The van der Waals surface area contributed by atoms with E-state index in [9.17, 15) is 0 Å². The van der Waals surface area contributed by atoms with Gasteiger partial charge in [-0.1, -0.05) is 77.4 Å². The summed E-state index contributed by atoms with van der Waals surface area (Å²) in [5.74, 6) is 1.13. The van der Waals surface area contributed by atoms with Crippen molar-refractivity contribution in [3.63, 3.8) is 0 Å². The second-order valence-corrected chi connectivity index (χ2v) is 5.96. The fraction of sp³-hybridized carbons (Fsp3) is 0.0952. The molecule has 0 aliphatic rings. The zero-order chi connectivity index (χ0) is 18.2. The molecule has 26 heavy (non-hydrogen) atoms. The van der Waals surface area contributed by atoms with Gasteiger partial charge in [0.1, 0.15) is 13.2 Å². The molecule has 0 aliphatic carbocycles. The number of nitrogens with zero attached hydrogens (tertiary/aromatic N) is 1. The lowest BCUT2D eigenvalue weighted by Gasteiger charge is -2.14. The zero-order valence-corrected chi connectivity index (χ0v) is 14.8. The Kier molecular flexibility index (Phi) is 6.12. The third kappa shape index (κ3) is 4.77. The molecular weight excluding hydrogens is 350 g/mol. The summed E-state index contributed by atoms with van der Waals surface area (Å²) in [7, 11) is 0. The van der Waals surface area contributed by atoms with Crippen molar-refractivity contribution in [2.75, 3.05) is 0 Å². The Morgan fingerprint density at radius 1 is 0.769 bits per heavy atom. The van der Waals surface area contributed by atoms with Gasteiger partial charge in [0.25, 0.3) is 0 Å². The summed E-state index contributed by atoms with van der Waals surface area (Å²) in [4.78, 5) is 0. The van der Waals surface area contributed by atoms with Gasteiger partial charge in [0, 0.05) is 5.56 Å². The predicted octanol–water partition coefficient (Wildman–Crippen LogP) is 5.22. The van der Waals surface area contributed by atoms with E-state index in [2.05, 4.69) is 5.16 Å². The van der Waals surface area contributed by atoms with Crippen LogP contribution in [-0.2, 0) is 13.2 Å². The van der Waals surface area contributed by atoms with Crippen LogP contribution in [0.15, 0.2) is 84.0 Å². The summed E-state index contributed by atoms with van der Waals surface area (Å²) in [6, 6.07) is 24.9. The Bertz CT molecular complexity index is 867. The Morgan fingerprint density at radius 3 is 1.85 bits per heavy atom. The topological polar surface area (TPSA) is 51.1 Å². The second-order valence-electron chi connectivity index (χ2n) is 5.60. The van der Waals surface area contributed by atoms with Crippen LogP contribution in [0.3, 0.4) is 0 Å². The molecule has 0 spiro atoms. The molecule has 5 heteroatoms. The maximum atomic E-state index is 8.89. The van der Waals surface area contributed by atoms with Gasteiger partial charge in [-0.25, -0.2) is 0 Å². The van der Waals surface area contributed by atoms with Crippen molar-refractivity contribution in [1.82, 2.24) is 0 Å². The van der Waals surface area contributed by atoms with Crippen molar-refractivity contribution in [3.05, 3.63) is 95.6 Å². The van der Waals surface area contributed by atoms with E-state index in [0.717, 1.165) is 11.1 Å². The number of ether oxygens (including phenoxy) is 2. The standard InChI is InChI=1S/C21H18ClNO3/c22-21(23-24)18-11-12-19(25-14-16-7-3-1-4-8-16)20(13-18)26-15-17-9-5-2-6-10-17/h1-13,24H,14-15H2. The molecule has 0 aromatic heterocycles. The smallest absolute Gasteiger partial charge is 0.175 e. The van der Waals surface area contributed by atoms with Crippen LogP contribution in [0.5, 0.6) is 11.5 Å². The average molecular weight is 368 g/mol. The number of hydrogen-bond donors (Lipinski definition) is 1. The Labute approximate surface area is 157 Å². The predicted molar refractivity (Wildman–Crippen MR) is 102 cm³/mol. The van der Waals surface area contributed by atoms with Crippen molar-refractivity contribution < 1.29 is 14.7 Å². The molecule has 3 aromatic rings. The fourth-order valence-corrected chi connectivity index (χ4v) is 2.51. The zero-order valence-electron chi connectivity index (χ0n) is 14.0. The van der Waals surface area contributed by atoms with Crippen LogP contribution in [0.4, 0.5) is 0 Å². The molecule has 3 rings (SSSR count). The van der Waals surface area contributed by atoms with Crippen molar-refractivity contribution >= 4 is 16.8 Å². The van der Waals surface area contributed by atoms with Crippen LogP contribution < -0.4 is 9.47 Å². The summed E-state index contributed by atoms with van der Waals surface area (Å²) >= 11 is 5.91. The highest BCUT2D eigenvalue weighted by atomic mass is 35.5. The van der Waals surface area contributed by atoms with E-state index in [1.54, 1.807) is 18.2 Å². The quantitative estimate of drug-likeness (QED) is 0.354. The Hall–Kier alpha value is -2.98. The highest BCUT2D eigenvalue weighted by Crippen LogP contribution is 2.30. The van der Waals surface area contributed by atoms with Gasteiger partial charge in [-0.05, 0) is 29.3 Å². The van der Waals surface area contributed by atoms with Gasteiger partial charge in [0.05, 0.1) is 0 Å². The maximum absolute atomic E-state index is 8.89. The van der Waals surface area contributed by atoms with Crippen molar-refractivity contribution in [2.24, 2.45) is 5.16 Å². The normalized spacial score (nSPS) is 11.2. The summed E-state index contributed by atoms with van der Waals surface area (Å²) in [5, 5.41) is 11.9. The molecule has 0 fully saturated rings. The first-order valence-corrected chi connectivity index (χ1v) is 8.49. The fourth-order valence-electron chi connectivity index (χ4n) is 2.40. The van der Waals surface area contributed by atoms with Gasteiger partial charge in [-0.2, -0.15) is 0 Å². The lowest BCUT2D eigenvalue weighted by atomic mass is 10.2. The van der Waals surface area contributed by atoms with Crippen molar-refractivity contribution in [1.29, 1.82) is 0 Å². The van der Waals surface area contributed by atoms with E-state index < -0.39 is 0 Å². The van der Waals surface area contributed by atoms with E-state index >= 15 is 0 Å². The van der Waals surface area contributed by atoms with Gasteiger partial charge in [0.15, 0.2) is 16.7 Å². The molecule has 0 atom stereocenters. The minimum absolute atomic E-state index is 0.0100. The summed E-state index contributed by atoms with van der Waals surface area (Å²) in [5.41, 5.74) is 2.64. The third-order valence-electron chi connectivity index (χ3n) is 3.74. The van der Waals surface area contributed by atoms with Crippen LogP contribution in [-0.4, -0.2) is 10.4 Å². The largest absolute Gasteiger partial charge is 0.485 e. The maximum Gasteiger partial charge on any atom is 0.175 e. The summed E-state index contributed by atoms with van der Waals surface area (Å²) in [6.45, 7) is 0.809. The van der Waals surface area contributed by atoms with Gasteiger partial charge >= 0.3 is 0 Å². The van der Waals surface area contributed by atoms with Crippen molar-refractivity contribution in [2.45, 2.75) is 13.2 Å². The number of halogens is 1. The first kappa shape index (κ1) is 17.8. The lowest BCUT2D eigenvalue weighted by molar-refractivity contribution is 0.256. The summed E-state index contributed by atoms with van der Waals surface area (Å²) < 4.78 is 11.8. The van der Waals surface area contributed by atoms with Crippen LogP contribution in [0.25, 0.3) is 0 Å². The van der Waals surface area contributed by atoms with Crippen LogP contribution in [0, 0.1) is 0 Å². The molecular formula is C21H18ClNO3. The number of benzene rings is 3. The Balaban J connectivity index is 1.79. The molecule has 0 bridgehead atoms. The lowest BCUT2D eigenvalue weighted by Crippen LogP contribution is -2.02. The second kappa shape index (κ2) is 8.92. The first-order valence-electron chi connectivity index (χ1n) is 8.11. The van der Waals surface area contributed by atoms with Gasteiger partial charge < -0.3 is 14.7 Å². The first-order chi connectivity index (χ1) is 12.8. The molecule has 0 unspecified atom stereocenters. The van der Waals surface area contributed by atoms with E-state index in [-0.39, 0.29) is 5.17 Å². The van der Waals surface area contributed by atoms with Gasteiger partial charge in [-0.3, -0.25) is 0 Å². The SMILES string of the molecule is ON=C(Cl)c1ccc(OCc2ccccc2)c(OCc2ccccc2)c1. The molecule has 0 aliphatic heterocycles. The molecule has 0 amide bonds. The summed E-state index contributed by atoms with van der Waals surface area (Å²) in [6.07, 6.45) is 0. The van der Waals surface area contributed by atoms with Crippen LogP contribution in [0.1, 0.15) is 16.7 Å². The molecule has 1 N–H and O–H groups in total.